The molecule has 0 bridgehead atoms. The van der Waals surface area contributed by atoms with Crippen molar-refractivity contribution in [3.8, 4) is 11.4 Å². The second kappa shape index (κ2) is 6.99. The molecule has 0 unspecified atom stereocenters. The lowest BCUT2D eigenvalue weighted by Crippen LogP contribution is -2.14. The summed E-state index contributed by atoms with van der Waals surface area (Å²) in [4.78, 5) is 21.7. The quantitative estimate of drug-likeness (QED) is 0.746. The van der Waals surface area contributed by atoms with Crippen LogP contribution < -0.4 is 10.6 Å². The molecule has 0 amide bonds. The molecular weight excluding hydrogens is 302 g/mol. The Morgan fingerprint density at radius 3 is 2.21 bits per heavy atom. The number of aryl methyl sites for hydroxylation is 1. The minimum Gasteiger partial charge on any atom is -0.352 e. The second-order valence-corrected chi connectivity index (χ2v) is 5.62. The van der Waals surface area contributed by atoms with Gasteiger partial charge in [-0.2, -0.15) is 15.0 Å². The first-order valence-corrected chi connectivity index (χ1v) is 7.74. The highest BCUT2D eigenvalue weighted by molar-refractivity contribution is 5.60. The summed E-state index contributed by atoms with van der Waals surface area (Å²) in [6, 6.07) is 10.0. The molecule has 2 N–H and O–H groups in total. The fraction of sp³-hybridized carbons (Fsp3) is 0.235. The fourth-order valence-corrected chi connectivity index (χ4v) is 2.06. The summed E-state index contributed by atoms with van der Waals surface area (Å²) in [6.07, 6.45) is 3.40. The molecule has 0 fully saturated rings. The summed E-state index contributed by atoms with van der Waals surface area (Å²) in [5, 5.41) is 6.34. The second-order valence-electron chi connectivity index (χ2n) is 5.62. The summed E-state index contributed by atoms with van der Waals surface area (Å²) in [5.74, 6) is 2.28. The van der Waals surface area contributed by atoms with E-state index in [4.69, 9.17) is 0 Å². The first kappa shape index (κ1) is 15.8. The zero-order valence-corrected chi connectivity index (χ0v) is 13.9. The average Bonchev–Trinajstić information content (AvgIpc) is 2.57. The highest BCUT2D eigenvalue weighted by atomic mass is 15.2. The van der Waals surface area contributed by atoms with E-state index >= 15 is 0 Å². The topological polar surface area (TPSA) is 88.5 Å². The van der Waals surface area contributed by atoms with Gasteiger partial charge in [0.15, 0.2) is 5.82 Å². The van der Waals surface area contributed by atoms with Crippen molar-refractivity contribution in [3.05, 3.63) is 48.5 Å². The van der Waals surface area contributed by atoms with Crippen molar-refractivity contribution >= 4 is 17.6 Å². The van der Waals surface area contributed by atoms with E-state index in [-0.39, 0.29) is 6.04 Å². The molecule has 2 heterocycles. The summed E-state index contributed by atoms with van der Waals surface area (Å²) in [7, 11) is 0. The standard InChI is InChI=1S/C17H19N7/c1-11(2)20-16-22-15(13-7-5-4-6-8-13)23-17(24-16)21-14-9-18-12(3)19-10-14/h4-11H,1-3H3,(H2,20,21,22,23,24). The van der Waals surface area contributed by atoms with Crippen LogP contribution in [0.5, 0.6) is 0 Å². The molecule has 7 nitrogen and oxygen atoms in total. The number of aromatic nitrogens is 5. The molecule has 0 aliphatic heterocycles. The van der Waals surface area contributed by atoms with Crippen LogP contribution in [0.4, 0.5) is 17.6 Å². The first-order chi connectivity index (χ1) is 11.6. The Hall–Kier alpha value is -3.09. The third-order valence-corrected chi connectivity index (χ3v) is 3.12. The van der Waals surface area contributed by atoms with Crippen LogP contribution in [-0.2, 0) is 0 Å². The van der Waals surface area contributed by atoms with Crippen molar-refractivity contribution in [2.75, 3.05) is 10.6 Å². The number of hydrogen-bond donors (Lipinski definition) is 2. The van der Waals surface area contributed by atoms with Crippen molar-refractivity contribution in [2.45, 2.75) is 26.8 Å². The minimum atomic E-state index is 0.214. The van der Waals surface area contributed by atoms with Gasteiger partial charge in [-0.05, 0) is 20.8 Å². The normalized spacial score (nSPS) is 10.7. The average molecular weight is 321 g/mol. The van der Waals surface area contributed by atoms with Crippen molar-refractivity contribution < 1.29 is 0 Å². The molecule has 0 saturated heterocycles. The van der Waals surface area contributed by atoms with E-state index < -0.39 is 0 Å². The molecule has 0 aliphatic carbocycles. The molecule has 122 valence electrons. The number of hydrogen-bond acceptors (Lipinski definition) is 7. The molecule has 2 aromatic heterocycles. The van der Waals surface area contributed by atoms with E-state index in [0.29, 0.717) is 23.5 Å². The summed E-state index contributed by atoms with van der Waals surface area (Å²) in [5.41, 5.74) is 1.65. The third-order valence-electron chi connectivity index (χ3n) is 3.12. The van der Waals surface area contributed by atoms with E-state index in [1.54, 1.807) is 12.4 Å². The lowest BCUT2D eigenvalue weighted by Gasteiger charge is -2.12. The monoisotopic (exact) mass is 321 g/mol. The molecule has 3 aromatic rings. The molecule has 1 aromatic carbocycles. The van der Waals surface area contributed by atoms with Crippen molar-refractivity contribution in [3.63, 3.8) is 0 Å². The van der Waals surface area contributed by atoms with Crippen LogP contribution in [0.3, 0.4) is 0 Å². The van der Waals surface area contributed by atoms with Gasteiger partial charge in [-0.15, -0.1) is 0 Å². The predicted octanol–water partition coefficient (Wildman–Crippen LogP) is 3.20. The van der Waals surface area contributed by atoms with Crippen molar-refractivity contribution in [1.82, 2.24) is 24.9 Å². The fourth-order valence-electron chi connectivity index (χ4n) is 2.06. The van der Waals surface area contributed by atoms with Gasteiger partial charge >= 0.3 is 0 Å². The van der Waals surface area contributed by atoms with Gasteiger partial charge in [0.05, 0.1) is 18.1 Å². The van der Waals surface area contributed by atoms with Gasteiger partial charge < -0.3 is 10.6 Å². The predicted molar refractivity (Wildman–Crippen MR) is 94.1 cm³/mol. The van der Waals surface area contributed by atoms with Crippen LogP contribution in [0.25, 0.3) is 11.4 Å². The Kier molecular flexibility index (Phi) is 4.60. The first-order valence-electron chi connectivity index (χ1n) is 7.74. The molecule has 0 spiro atoms. The Labute approximate surface area is 140 Å². The number of anilines is 3. The lowest BCUT2D eigenvalue weighted by atomic mass is 10.2. The van der Waals surface area contributed by atoms with Crippen LogP contribution in [0.15, 0.2) is 42.7 Å². The van der Waals surface area contributed by atoms with E-state index in [1.807, 2.05) is 51.1 Å². The molecule has 3 rings (SSSR count). The maximum Gasteiger partial charge on any atom is 0.232 e. The minimum absolute atomic E-state index is 0.214. The van der Waals surface area contributed by atoms with Crippen LogP contribution in [0, 0.1) is 6.92 Å². The SMILES string of the molecule is Cc1ncc(Nc2nc(NC(C)C)nc(-c3ccccc3)n2)cn1. The number of nitrogens with zero attached hydrogens (tertiary/aromatic N) is 5. The lowest BCUT2D eigenvalue weighted by molar-refractivity contribution is 0.869. The Bertz CT molecular complexity index is 801. The van der Waals surface area contributed by atoms with Gasteiger partial charge in [0, 0.05) is 11.6 Å². The Balaban J connectivity index is 1.96. The molecule has 0 aliphatic rings. The number of rotatable bonds is 5. The largest absolute Gasteiger partial charge is 0.352 e. The summed E-state index contributed by atoms with van der Waals surface area (Å²) < 4.78 is 0. The maximum atomic E-state index is 4.50. The number of nitrogens with one attached hydrogen (secondary N) is 2. The summed E-state index contributed by atoms with van der Waals surface area (Å²) >= 11 is 0. The van der Waals surface area contributed by atoms with Gasteiger partial charge in [0.2, 0.25) is 11.9 Å². The van der Waals surface area contributed by atoms with E-state index in [2.05, 4.69) is 35.6 Å². The van der Waals surface area contributed by atoms with Crippen molar-refractivity contribution in [2.24, 2.45) is 0 Å². The van der Waals surface area contributed by atoms with Crippen molar-refractivity contribution in [1.29, 1.82) is 0 Å². The van der Waals surface area contributed by atoms with Crippen LogP contribution in [-0.4, -0.2) is 31.0 Å². The summed E-state index contributed by atoms with van der Waals surface area (Å²) in [6.45, 7) is 5.91. The molecular formula is C17H19N7. The van der Waals surface area contributed by atoms with Crippen LogP contribution in [0.1, 0.15) is 19.7 Å². The van der Waals surface area contributed by atoms with Gasteiger partial charge in [-0.3, -0.25) is 0 Å². The zero-order valence-electron chi connectivity index (χ0n) is 13.9. The smallest absolute Gasteiger partial charge is 0.232 e. The van der Waals surface area contributed by atoms with Gasteiger partial charge in [-0.1, -0.05) is 30.3 Å². The maximum absolute atomic E-state index is 4.50. The van der Waals surface area contributed by atoms with Crippen LogP contribution in [0.2, 0.25) is 0 Å². The molecule has 24 heavy (non-hydrogen) atoms. The van der Waals surface area contributed by atoms with Gasteiger partial charge in [-0.25, -0.2) is 9.97 Å². The van der Waals surface area contributed by atoms with E-state index in [0.717, 1.165) is 11.3 Å². The molecule has 0 radical (unpaired) electrons. The Morgan fingerprint density at radius 2 is 1.54 bits per heavy atom. The van der Waals surface area contributed by atoms with Crippen LogP contribution >= 0.6 is 0 Å². The number of benzene rings is 1. The zero-order chi connectivity index (χ0) is 16.9. The highest BCUT2D eigenvalue weighted by Gasteiger charge is 2.10. The molecule has 7 heteroatoms. The molecule has 0 saturated carbocycles. The molecule has 0 atom stereocenters. The third kappa shape index (κ3) is 4.01. The van der Waals surface area contributed by atoms with E-state index in [9.17, 15) is 0 Å². The Morgan fingerprint density at radius 1 is 0.875 bits per heavy atom. The van der Waals surface area contributed by atoms with E-state index in [1.165, 1.54) is 0 Å². The highest BCUT2D eigenvalue weighted by Crippen LogP contribution is 2.19. The van der Waals surface area contributed by atoms with Gasteiger partial charge in [0.1, 0.15) is 5.82 Å². The van der Waals surface area contributed by atoms with Gasteiger partial charge in [0.25, 0.3) is 0 Å².